The van der Waals surface area contributed by atoms with Gasteiger partial charge >= 0.3 is 6.09 Å². The number of hydrogen-bond acceptors (Lipinski definition) is 3. The molecule has 19 heavy (non-hydrogen) atoms. The van der Waals surface area contributed by atoms with Crippen molar-refractivity contribution in [1.82, 2.24) is 10.2 Å². The molecule has 2 aliphatic rings. The molecule has 2 bridgehead atoms. The number of nitrogens with zero attached hydrogens (tertiary/aromatic N) is 1. The Labute approximate surface area is 116 Å². The van der Waals surface area contributed by atoms with Gasteiger partial charge in [-0.25, -0.2) is 4.79 Å². The van der Waals surface area contributed by atoms with Crippen molar-refractivity contribution in [1.29, 1.82) is 0 Å². The number of hydrogen-bond donors (Lipinski definition) is 1. The summed E-state index contributed by atoms with van der Waals surface area (Å²) in [6, 6.07) is 2.17. The second kappa shape index (κ2) is 5.31. The molecule has 2 heterocycles. The standard InChI is InChI=1S/C15H28N2O2/c1-10(2)17-12-6-7-13(17)9-11(8-12)16-14(18)19-15(3,4)5/h10-13H,6-9H2,1-5H3,(H,16,18)/t11?,12-,13+. The number of alkyl carbamates (subject to hydrolysis) is 1. The molecule has 110 valence electrons. The van der Waals surface area contributed by atoms with Gasteiger partial charge in [0, 0.05) is 24.2 Å². The van der Waals surface area contributed by atoms with Crippen LogP contribution in [0.3, 0.4) is 0 Å². The van der Waals surface area contributed by atoms with Crippen LogP contribution in [-0.4, -0.2) is 40.8 Å². The Balaban J connectivity index is 1.87. The molecule has 2 saturated heterocycles. The zero-order valence-electron chi connectivity index (χ0n) is 12.9. The highest BCUT2D eigenvalue weighted by molar-refractivity contribution is 5.68. The lowest BCUT2D eigenvalue weighted by atomic mass is 9.96. The minimum absolute atomic E-state index is 0.269. The smallest absolute Gasteiger partial charge is 0.407 e. The Morgan fingerprint density at radius 1 is 1.21 bits per heavy atom. The first-order valence-electron chi connectivity index (χ1n) is 7.53. The summed E-state index contributed by atoms with van der Waals surface area (Å²) in [5, 5.41) is 3.05. The quantitative estimate of drug-likeness (QED) is 0.837. The highest BCUT2D eigenvalue weighted by Crippen LogP contribution is 2.37. The zero-order chi connectivity index (χ0) is 14.2. The third-order valence-electron chi connectivity index (χ3n) is 4.11. The predicted octanol–water partition coefficient (Wildman–Crippen LogP) is 2.91. The van der Waals surface area contributed by atoms with E-state index in [1.807, 2.05) is 20.8 Å². The zero-order valence-corrected chi connectivity index (χ0v) is 12.9. The van der Waals surface area contributed by atoms with E-state index in [4.69, 9.17) is 4.74 Å². The van der Waals surface area contributed by atoms with Gasteiger partial charge < -0.3 is 10.1 Å². The summed E-state index contributed by atoms with van der Waals surface area (Å²) in [5.41, 5.74) is -0.415. The van der Waals surface area contributed by atoms with Gasteiger partial charge in [-0.3, -0.25) is 4.90 Å². The van der Waals surface area contributed by atoms with E-state index in [9.17, 15) is 4.79 Å². The van der Waals surface area contributed by atoms with Gasteiger partial charge in [0.25, 0.3) is 0 Å². The van der Waals surface area contributed by atoms with Gasteiger partial charge in [-0.2, -0.15) is 0 Å². The Morgan fingerprint density at radius 2 is 1.74 bits per heavy atom. The molecular formula is C15H28N2O2. The molecule has 0 spiro atoms. The highest BCUT2D eigenvalue weighted by atomic mass is 16.6. The van der Waals surface area contributed by atoms with Crippen molar-refractivity contribution in [2.75, 3.05) is 0 Å². The number of fused-ring (bicyclic) bond motifs is 2. The van der Waals surface area contributed by atoms with Crippen molar-refractivity contribution in [3.05, 3.63) is 0 Å². The fourth-order valence-corrected chi connectivity index (χ4v) is 3.65. The Hall–Kier alpha value is -0.770. The van der Waals surface area contributed by atoms with Crippen LogP contribution in [0.4, 0.5) is 4.79 Å². The van der Waals surface area contributed by atoms with Crippen LogP contribution < -0.4 is 5.32 Å². The molecule has 0 aromatic rings. The first kappa shape index (κ1) is 14.6. The average Bonchev–Trinajstić information content (AvgIpc) is 2.48. The lowest BCUT2D eigenvalue weighted by molar-refractivity contribution is 0.0412. The number of piperidine rings is 1. The maximum Gasteiger partial charge on any atom is 0.407 e. The molecule has 1 N–H and O–H groups in total. The number of amides is 1. The van der Waals surface area contributed by atoms with Crippen LogP contribution in [0.5, 0.6) is 0 Å². The van der Waals surface area contributed by atoms with Crippen LogP contribution in [0, 0.1) is 0 Å². The topological polar surface area (TPSA) is 41.6 Å². The van der Waals surface area contributed by atoms with Gasteiger partial charge in [0.2, 0.25) is 0 Å². The summed E-state index contributed by atoms with van der Waals surface area (Å²) in [6.07, 6.45) is 4.40. The summed E-state index contributed by atoms with van der Waals surface area (Å²) >= 11 is 0. The average molecular weight is 268 g/mol. The molecule has 4 nitrogen and oxygen atoms in total. The minimum Gasteiger partial charge on any atom is -0.444 e. The summed E-state index contributed by atoms with van der Waals surface area (Å²) in [6.45, 7) is 10.2. The second-order valence-electron chi connectivity index (χ2n) is 7.24. The lowest BCUT2D eigenvalue weighted by Gasteiger charge is -2.41. The van der Waals surface area contributed by atoms with Crippen molar-refractivity contribution in [3.63, 3.8) is 0 Å². The van der Waals surface area contributed by atoms with Crippen LogP contribution in [0.15, 0.2) is 0 Å². The Morgan fingerprint density at radius 3 is 2.16 bits per heavy atom. The molecule has 0 aliphatic carbocycles. The molecule has 2 aliphatic heterocycles. The van der Waals surface area contributed by atoms with Gasteiger partial charge in [0.15, 0.2) is 0 Å². The maximum atomic E-state index is 11.8. The summed E-state index contributed by atoms with van der Waals surface area (Å²) in [4.78, 5) is 14.5. The van der Waals surface area contributed by atoms with Crippen LogP contribution in [0.2, 0.25) is 0 Å². The van der Waals surface area contributed by atoms with Gasteiger partial charge in [0.1, 0.15) is 5.60 Å². The molecule has 0 saturated carbocycles. The van der Waals surface area contributed by atoms with Crippen LogP contribution in [0.1, 0.15) is 60.3 Å². The summed E-state index contributed by atoms with van der Waals surface area (Å²) in [7, 11) is 0. The largest absolute Gasteiger partial charge is 0.444 e. The van der Waals surface area contributed by atoms with Gasteiger partial charge in [-0.1, -0.05) is 0 Å². The molecule has 1 unspecified atom stereocenters. The van der Waals surface area contributed by atoms with Crippen molar-refractivity contribution in [2.45, 2.75) is 90.1 Å². The molecule has 2 fully saturated rings. The number of carbonyl (C=O) groups excluding carboxylic acids is 1. The molecule has 0 aromatic heterocycles. The normalized spacial score (nSPS) is 31.6. The minimum atomic E-state index is -0.415. The molecule has 0 radical (unpaired) electrons. The number of rotatable bonds is 2. The first-order valence-corrected chi connectivity index (χ1v) is 7.53. The molecule has 1 amide bonds. The van der Waals surface area contributed by atoms with Gasteiger partial charge in [-0.05, 0) is 60.3 Å². The third-order valence-corrected chi connectivity index (χ3v) is 4.11. The van der Waals surface area contributed by atoms with Crippen LogP contribution in [-0.2, 0) is 4.74 Å². The first-order chi connectivity index (χ1) is 8.76. The summed E-state index contributed by atoms with van der Waals surface area (Å²) < 4.78 is 5.34. The van der Waals surface area contributed by atoms with E-state index >= 15 is 0 Å². The van der Waals surface area contributed by atoms with E-state index in [1.165, 1.54) is 12.8 Å². The highest BCUT2D eigenvalue weighted by Gasteiger charge is 2.42. The van der Waals surface area contributed by atoms with Crippen molar-refractivity contribution in [3.8, 4) is 0 Å². The molecular weight excluding hydrogens is 240 g/mol. The van der Waals surface area contributed by atoms with Crippen molar-refractivity contribution < 1.29 is 9.53 Å². The second-order valence-corrected chi connectivity index (χ2v) is 7.24. The van der Waals surface area contributed by atoms with Gasteiger partial charge in [0.05, 0.1) is 0 Å². The SMILES string of the molecule is CC(C)N1[C@@H]2CC[C@H]1CC(NC(=O)OC(C)(C)C)C2. The Kier molecular flexibility index (Phi) is 4.09. The maximum absolute atomic E-state index is 11.8. The molecule has 4 heteroatoms. The molecule has 0 aromatic carbocycles. The number of nitrogens with one attached hydrogen (secondary N) is 1. The van der Waals surface area contributed by atoms with Crippen LogP contribution >= 0.6 is 0 Å². The van der Waals surface area contributed by atoms with E-state index < -0.39 is 5.60 Å². The monoisotopic (exact) mass is 268 g/mol. The van der Waals surface area contributed by atoms with E-state index in [0.717, 1.165) is 12.8 Å². The van der Waals surface area contributed by atoms with E-state index in [1.54, 1.807) is 0 Å². The van der Waals surface area contributed by atoms with E-state index in [2.05, 4.69) is 24.1 Å². The van der Waals surface area contributed by atoms with Gasteiger partial charge in [-0.15, -0.1) is 0 Å². The number of carbonyl (C=O) groups is 1. The van der Waals surface area contributed by atoms with E-state index in [-0.39, 0.29) is 12.1 Å². The fourth-order valence-electron chi connectivity index (χ4n) is 3.65. The van der Waals surface area contributed by atoms with Crippen LogP contribution in [0.25, 0.3) is 0 Å². The van der Waals surface area contributed by atoms with Crippen molar-refractivity contribution >= 4 is 6.09 Å². The molecule has 3 atom stereocenters. The molecule has 2 rings (SSSR count). The van der Waals surface area contributed by atoms with E-state index in [0.29, 0.717) is 18.1 Å². The third kappa shape index (κ3) is 3.62. The summed E-state index contributed by atoms with van der Waals surface area (Å²) in [5.74, 6) is 0. The fraction of sp³-hybridized carbons (Fsp3) is 0.933. The Bertz CT molecular complexity index is 322. The predicted molar refractivity (Wildman–Crippen MR) is 76.2 cm³/mol. The lowest BCUT2D eigenvalue weighted by Crippen LogP contribution is -2.53. The van der Waals surface area contributed by atoms with Crippen molar-refractivity contribution in [2.24, 2.45) is 0 Å². The number of ether oxygens (including phenoxy) is 1.